The van der Waals surface area contributed by atoms with E-state index in [1.165, 1.54) is 11.2 Å². The molecule has 6 heteroatoms. The summed E-state index contributed by atoms with van der Waals surface area (Å²) in [7, 11) is -3.38. The molecule has 0 aliphatic heterocycles. The van der Waals surface area contributed by atoms with Crippen molar-refractivity contribution in [3.05, 3.63) is 29.8 Å². The molecule has 0 atom stereocenters. The van der Waals surface area contributed by atoms with Crippen molar-refractivity contribution in [3.8, 4) is 0 Å². The van der Waals surface area contributed by atoms with Gasteiger partial charge in [-0.1, -0.05) is 12.1 Å². The summed E-state index contributed by atoms with van der Waals surface area (Å²) in [6.07, 6.45) is 0. The highest BCUT2D eigenvalue weighted by atomic mass is 32.2. The van der Waals surface area contributed by atoms with Gasteiger partial charge in [0.1, 0.15) is 0 Å². The first-order valence-corrected chi connectivity index (χ1v) is 7.34. The quantitative estimate of drug-likeness (QED) is 0.782. The molecule has 5 nitrogen and oxygen atoms in total. The molecule has 100 valence electrons. The number of nitrogens with two attached hydrogens (primary N) is 1. The molecule has 0 bridgehead atoms. The van der Waals surface area contributed by atoms with Crippen LogP contribution >= 0.6 is 0 Å². The Kier molecular flexibility index (Phi) is 4.86. The van der Waals surface area contributed by atoms with Gasteiger partial charge in [-0.15, -0.1) is 0 Å². The molecule has 0 aromatic heterocycles. The zero-order valence-electron chi connectivity index (χ0n) is 10.6. The fraction of sp³-hybridized carbons (Fsp3) is 0.417. The van der Waals surface area contributed by atoms with Gasteiger partial charge in [0.05, 0.1) is 11.4 Å². The van der Waals surface area contributed by atoms with Crippen LogP contribution in [0.1, 0.15) is 24.2 Å². The molecule has 0 unspecified atom stereocenters. The van der Waals surface area contributed by atoms with E-state index >= 15 is 0 Å². The average molecular weight is 270 g/mol. The molecule has 0 aliphatic rings. The van der Waals surface area contributed by atoms with Gasteiger partial charge in [0, 0.05) is 18.7 Å². The van der Waals surface area contributed by atoms with Gasteiger partial charge in [-0.3, -0.25) is 9.10 Å². The normalized spacial score (nSPS) is 11.3. The van der Waals surface area contributed by atoms with Gasteiger partial charge >= 0.3 is 0 Å². The lowest BCUT2D eigenvalue weighted by molar-refractivity contribution is 0.101. The Labute approximate surface area is 108 Å². The fourth-order valence-electron chi connectivity index (χ4n) is 1.58. The van der Waals surface area contributed by atoms with Crippen LogP contribution < -0.4 is 10.0 Å². The first kappa shape index (κ1) is 14.7. The van der Waals surface area contributed by atoms with E-state index in [9.17, 15) is 13.2 Å². The molecule has 0 spiro atoms. The Morgan fingerprint density at radius 3 is 2.56 bits per heavy atom. The van der Waals surface area contributed by atoms with Gasteiger partial charge in [-0.2, -0.15) is 0 Å². The molecule has 1 aromatic carbocycles. The van der Waals surface area contributed by atoms with E-state index in [2.05, 4.69) is 0 Å². The zero-order chi connectivity index (χ0) is 13.8. The summed E-state index contributed by atoms with van der Waals surface area (Å²) in [5, 5.41) is 0. The number of ketones is 1. The Balaban J connectivity index is 3.22. The first-order chi connectivity index (χ1) is 8.42. The predicted molar refractivity (Wildman–Crippen MR) is 72.3 cm³/mol. The van der Waals surface area contributed by atoms with Crippen molar-refractivity contribution in [2.24, 2.45) is 5.73 Å². The Bertz CT molecular complexity index is 526. The summed E-state index contributed by atoms with van der Waals surface area (Å²) >= 11 is 0. The number of benzene rings is 1. The summed E-state index contributed by atoms with van der Waals surface area (Å²) in [6.45, 7) is 3.45. The van der Waals surface area contributed by atoms with Crippen LogP contribution in [0.15, 0.2) is 24.3 Å². The third-order valence-electron chi connectivity index (χ3n) is 2.57. The number of anilines is 1. The maximum atomic E-state index is 12.0. The maximum Gasteiger partial charge on any atom is 0.234 e. The van der Waals surface area contributed by atoms with E-state index in [1.807, 2.05) is 0 Å². The number of hydrogen-bond acceptors (Lipinski definition) is 4. The van der Waals surface area contributed by atoms with Crippen molar-refractivity contribution in [1.29, 1.82) is 0 Å². The van der Waals surface area contributed by atoms with Crippen LogP contribution in [-0.4, -0.2) is 33.0 Å². The Hall–Kier alpha value is -1.40. The second-order valence-corrected chi connectivity index (χ2v) is 6.05. The van der Waals surface area contributed by atoms with E-state index in [-0.39, 0.29) is 24.6 Å². The van der Waals surface area contributed by atoms with Crippen LogP contribution in [0.2, 0.25) is 0 Å². The van der Waals surface area contributed by atoms with E-state index in [0.29, 0.717) is 11.3 Å². The van der Waals surface area contributed by atoms with Crippen LogP contribution in [0.4, 0.5) is 5.69 Å². The van der Waals surface area contributed by atoms with Gasteiger partial charge in [0.25, 0.3) is 0 Å². The Morgan fingerprint density at radius 2 is 2.06 bits per heavy atom. The average Bonchev–Trinajstić information content (AvgIpc) is 2.35. The molecule has 1 aromatic rings. The molecule has 0 saturated heterocycles. The van der Waals surface area contributed by atoms with Gasteiger partial charge in [-0.25, -0.2) is 8.42 Å². The van der Waals surface area contributed by atoms with Gasteiger partial charge in [-0.05, 0) is 26.0 Å². The van der Waals surface area contributed by atoms with Crippen LogP contribution in [0, 0.1) is 0 Å². The van der Waals surface area contributed by atoms with Crippen molar-refractivity contribution >= 4 is 21.5 Å². The van der Waals surface area contributed by atoms with Gasteiger partial charge < -0.3 is 5.73 Å². The highest BCUT2D eigenvalue weighted by Crippen LogP contribution is 2.19. The maximum absolute atomic E-state index is 12.0. The predicted octanol–water partition coefficient (Wildman–Crippen LogP) is 1.00. The summed E-state index contributed by atoms with van der Waals surface area (Å²) in [4.78, 5) is 11.3. The van der Waals surface area contributed by atoms with Crippen molar-refractivity contribution < 1.29 is 13.2 Å². The zero-order valence-corrected chi connectivity index (χ0v) is 11.4. The Morgan fingerprint density at radius 1 is 1.39 bits per heavy atom. The van der Waals surface area contributed by atoms with Gasteiger partial charge in [0.15, 0.2) is 5.78 Å². The molecule has 2 N–H and O–H groups in total. The smallest absolute Gasteiger partial charge is 0.234 e. The summed E-state index contributed by atoms with van der Waals surface area (Å²) in [5.74, 6) is -0.101. The van der Waals surface area contributed by atoms with Crippen LogP contribution in [0.3, 0.4) is 0 Å². The fourth-order valence-corrected chi connectivity index (χ4v) is 2.71. The molecular formula is C12H18N2O3S. The molecule has 0 heterocycles. The number of rotatable bonds is 6. The molecule has 18 heavy (non-hydrogen) atoms. The topological polar surface area (TPSA) is 80.5 Å². The molecular weight excluding hydrogens is 252 g/mol. The lowest BCUT2D eigenvalue weighted by Crippen LogP contribution is -2.36. The van der Waals surface area contributed by atoms with Gasteiger partial charge in [0.2, 0.25) is 10.0 Å². The molecule has 1 rings (SSSR count). The summed E-state index contributed by atoms with van der Waals surface area (Å²) < 4.78 is 25.2. The highest BCUT2D eigenvalue weighted by Gasteiger charge is 2.20. The monoisotopic (exact) mass is 270 g/mol. The molecule has 0 aliphatic carbocycles. The number of sulfonamides is 1. The molecule has 0 amide bonds. The number of nitrogens with zero attached hydrogens (tertiary/aromatic N) is 1. The minimum atomic E-state index is -3.38. The number of carbonyl (C=O) groups is 1. The lowest BCUT2D eigenvalue weighted by atomic mass is 10.1. The van der Waals surface area contributed by atoms with Crippen LogP contribution in [0.5, 0.6) is 0 Å². The first-order valence-electron chi connectivity index (χ1n) is 5.74. The minimum absolute atomic E-state index is 0.00268. The SMILES string of the molecule is CCS(=O)(=O)N(CCN)c1cccc(C(C)=O)c1. The standard InChI is InChI=1S/C12H18N2O3S/c1-3-18(16,17)14(8-7-13)12-6-4-5-11(9-12)10(2)15/h4-6,9H,3,7-8,13H2,1-2H3. The molecule has 0 saturated carbocycles. The number of carbonyl (C=O) groups excluding carboxylic acids is 1. The molecule has 0 radical (unpaired) electrons. The minimum Gasteiger partial charge on any atom is -0.329 e. The third-order valence-corrected chi connectivity index (χ3v) is 4.37. The summed E-state index contributed by atoms with van der Waals surface area (Å²) in [5.41, 5.74) is 6.41. The van der Waals surface area contributed by atoms with Crippen molar-refractivity contribution in [2.45, 2.75) is 13.8 Å². The lowest BCUT2D eigenvalue weighted by Gasteiger charge is -2.23. The van der Waals surface area contributed by atoms with Crippen LogP contribution in [-0.2, 0) is 10.0 Å². The third kappa shape index (κ3) is 3.30. The van der Waals surface area contributed by atoms with E-state index in [4.69, 9.17) is 5.73 Å². The number of hydrogen-bond donors (Lipinski definition) is 1. The van der Waals surface area contributed by atoms with Crippen molar-refractivity contribution in [1.82, 2.24) is 0 Å². The number of Topliss-reactive ketones (excluding diaryl/α,β-unsaturated/α-hetero) is 1. The van der Waals surface area contributed by atoms with Crippen LogP contribution in [0.25, 0.3) is 0 Å². The summed E-state index contributed by atoms with van der Waals surface area (Å²) in [6, 6.07) is 6.56. The highest BCUT2D eigenvalue weighted by molar-refractivity contribution is 7.92. The van der Waals surface area contributed by atoms with Crippen molar-refractivity contribution in [2.75, 3.05) is 23.1 Å². The largest absolute Gasteiger partial charge is 0.329 e. The van der Waals surface area contributed by atoms with Crippen molar-refractivity contribution in [3.63, 3.8) is 0 Å². The van der Waals surface area contributed by atoms with E-state index in [0.717, 1.165) is 0 Å². The van der Waals surface area contributed by atoms with E-state index in [1.54, 1.807) is 31.2 Å². The second kappa shape index (κ2) is 5.97. The second-order valence-electron chi connectivity index (χ2n) is 3.87. The molecule has 0 fully saturated rings. The van der Waals surface area contributed by atoms with E-state index < -0.39 is 10.0 Å².